The molecule has 2 aromatic rings. The van der Waals surface area contributed by atoms with E-state index in [-0.39, 0.29) is 17.5 Å². The van der Waals surface area contributed by atoms with Gasteiger partial charge in [0.2, 0.25) is 0 Å². The number of ketones is 1. The summed E-state index contributed by atoms with van der Waals surface area (Å²) in [4.78, 5) is 30.3. The second-order valence-corrected chi connectivity index (χ2v) is 7.49. The first kappa shape index (κ1) is 19.1. The number of amides is 1. The largest absolute Gasteiger partial charge is 0.362 e. The number of pyridine rings is 1. The molecule has 1 aliphatic heterocycles. The number of aryl methyl sites for hydroxylation is 1. The lowest BCUT2D eigenvalue weighted by Crippen LogP contribution is -2.35. The van der Waals surface area contributed by atoms with Gasteiger partial charge in [0, 0.05) is 41.1 Å². The fraction of sp³-hybridized carbons (Fsp3) is 0.261. The molecule has 4 rings (SSSR count). The van der Waals surface area contributed by atoms with Crippen LogP contribution in [-0.2, 0) is 9.59 Å². The third-order valence-corrected chi connectivity index (χ3v) is 5.38. The van der Waals surface area contributed by atoms with Crippen molar-refractivity contribution in [1.82, 2.24) is 10.3 Å². The van der Waals surface area contributed by atoms with Crippen molar-refractivity contribution in [2.75, 3.05) is 5.32 Å². The number of halogens is 1. The lowest BCUT2D eigenvalue weighted by atomic mass is 9.75. The molecule has 148 valence electrons. The zero-order valence-electron chi connectivity index (χ0n) is 16.4. The van der Waals surface area contributed by atoms with E-state index in [9.17, 15) is 14.0 Å². The number of allylic oxidation sites excluding steroid dienone is 3. The Balaban J connectivity index is 1.78. The molecule has 0 fully saturated rings. The van der Waals surface area contributed by atoms with E-state index in [1.54, 1.807) is 24.4 Å². The van der Waals surface area contributed by atoms with Crippen molar-refractivity contribution in [3.05, 3.63) is 82.1 Å². The van der Waals surface area contributed by atoms with Crippen molar-refractivity contribution in [1.29, 1.82) is 0 Å². The molecule has 6 heteroatoms. The summed E-state index contributed by atoms with van der Waals surface area (Å²) in [6.07, 6.45) is 3.62. The number of anilines is 1. The van der Waals surface area contributed by atoms with Gasteiger partial charge >= 0.3 is 0 Å². The van der Waals surface area contributed by atoms with Gasteiger partial charge in [-0.3, -0.25) is 9.59 Å². The molecule has 1 aliphatic carbocycles. The molecule has 5 nitrogen and oxygen atoms in total. The maximum absolute atomic E-state index is 13.5. The molecular weight excluding hydrogens is 369 g/mol. The van der Waals surface area contributed by atoms with E-state index in [1.165, 1.54) is 12.1 Å². The third-order valence-electron chi connectivity index (χ3n) is 5.38. The number of rotatable bonds is 3. The molecule has 0 spiro atoms. The second kappa shape index (κ2) is 7.62. The molecular formula is C23H22FN3O2. The van der Waals surface area contributed by atoms with Crippen molar-refractivity contribution in [2.45, 2.75) is 39.0 Å². The molecule has 1 amide bonds. The van der Waals surface area contributed by atoms with E-state index in [1.807, 2.05) is 19.9 Å². The number of Topliss-reactive ketones (excluding diaryl/α,β-unsaturated/α-hetero) is 1. The van der Waals surface area contributed by atoms with Crippen molar-refractivity contribution >= 4 is 17.5 Å². The van der Waals surface area contributed by atoms with Gasteiger partial charge in [-0.05, 0) is 62.1 Å². The second-order valence-electron chi connectivity index (χ2n) is 7.49. The molecule has 0 saturated carbocycles. The van der Waals surface area contributed by atoms with Gasteiger partial charge in [-0.1, -0.05) is 12.1 Å². The highest BCUT2D eigenvalue weighted by molar-refractivity contribution is 6.09. The Kier molecular flexibility index (Phi) is 5.01. The van der Waals surface area contributed by atoms with Crippen LogP contribution >= 0.6 is 0 Å². The van der Waals surface area contributed by atoms with Gasteiger partial charge in [0.25, 0.3) is 5.91 Å². The minimum absolute atomic E-state index is 0.0274. The number of dihydropyridines is 1. The third kappa shape index (κ3) is 3.70. The molecule has 1 atom stereocenters. The fourth-order valence-corrected chi connectivity index (χ4v) is 4.06. The zero-order chi connectivity index (χ0) is 20.5. The molecule has 2 N–H and O–H groups in total. The highest BCUT2D eigenvalue weighted by Gasteiger charge is 2.38. The van der Waals surface area contributed by atoms with E-state index >= 15 is 0 Å². The fourth-order valence-electron chi connectivity index (χ4n) is 4.06. The first-order chi connectivity index (χ1) is 13.9. The number of nitrogens with one attached hydrogen (secondary N) is 2. The first-order valence-electron chi connectivity index (χ1n) is 9.67. The molecule has 1 aromatic heterocycles. The first-order valence-corrected chi connectivity index (χ1v) is 9.67. The average Bonchev–Trinajstić information content (AvgIpc) is 2.67. The molecule has 0 saturated heterocycles. The molecule has 2 heterocycles. The Bertz CT molecular complexity index is 1050. The predicted octanol–water partition coefficient (Wildman–Crippen LogP) is 4.14. The Morgan fingerprint density at radius 2 is 1.93 bits per heavy atom. The Morgan fingerprint density at radius 1 is 1.17 bits per heavy atom. The van der Waals surface area contributed by atoms with Gasteiger partial charge in [-0.2, -0.15) is 0 Å². The van der Waals surface area contributed by atoms with Gasteiger partial charge in [0.15, 0.2) is 5.78 Å². The zero-order valence-corrected chi connectivity index (χ0v) is 16.4. The van der Waals surface area contributed by atoms with E-state index in [0.717, 1.165) is 29.7 Å². The summed E-state index contributed by atoms with van der Waals surface area (Å²) >= 11 is 0. The van der Waals surface area contributed by atoms with E-state index in [2.05, 4.69) is 15.6 Å². The summed E-state index contributed by atoms with van der Waals surface area (Å²) < 4.78 is 13.5. The van der Waals surface area contributed by atoms with Crippen LogP contribution in [0.3, 0.4) is 0 Å². The summed E-state index contributed by atoms with van der Waals surface area (Å²) in [5.74, 6) is -0.748. The number of aromatic nitrogens is 1. The van der Waals surface area contributed by atoms with Crippen molar-refractivity contribution in [2.24, 2.45) is 0 Å². The number of carbonyl (C=O) groups is 2. The summed E-state index contributed by atoms with van der Waals surface area (Å²) in [6, 6.07) is 9.64. The minimum Gasteiger partial charge on any atom is -0.362 e. The molecule has 29 heavy (non-hydrogen) atoms. The van der Waals surface area contributed by atoms with Gasteiger partial charge in [0.05, 0.1) is 0 Å². The molecule has 0 bridgehead atoms. The minimum atomic E-state index is -0.538. The molecule has 2 aliphatic rings. The normalized spacial score (nSPS) is 19.0. The average molecular weight is 391 g/mol. The van der Waals surface area contributed by atoms with E-state index in [0.29, 0.717) is 29.1 Å². The SMILES string of the molecule is CC1=C(C(=O)Nc2cc(C)ccn2)[C@@H](c2ccc(F)cc2)C2=C(CCCC2=O)N1. The van der Waals surface area contributed by atoms with Crippen LogP contribution in [0.5, 0.6) is 0 Å². The van der Waals surface area contributed by atoms with Gasteiger partial charge in [-0.15, -0.1) is 0 Å². The molecule has 0 radical (unpaired) electrons. The number of hydrogen-bond acceptors (Lipinski definition) is 4. The highest BCUT2D eigenvalue weighted by Crippen LogP contribution is 2.42. The topological polar surface area (TPSA) is 71.1 Å². The quantitative estimate of drug-likeness (QED) is 0.825. The molecule has 0 unspecified atom stereocenters. The monoisotopic (exact) mass is 391 g/mol. The Labute approximate surface area is 168 Å². The summed E-state index contributed by atoms with van der Waals surface area (Å²) in [6.45, 7) is 3.75. The summed E-state index contributed by atoms with van der Waals surface area (Å²) in [5, 5.41) is 6.12. The number of benzene rings is 1. The van der Waals surface area contributed by atoms with Crippen LogP contribution in [0.2, 0.25) is 0 Å². The Morgan fingerprint density at radius 3 is 2.66 bits per heavy atom. The van der Waals surface area contributed by atoms with E-state index < -0.39 is 5.92 Å². The van der Waals surface area contributed by atoms with Crippen molar-refractivity contribution in [3.8, 4) is 0 Å². The van der Waals surface area contributed by atoms with Gasteiger partial charge in [-0.25, -0.2) is 9.37 Å². The van der Waals surface area contributed by atoms with Gasteiger partial charge < -0.3 is 10.6 Å². The van der Waals surface area contributed by atoms with Crippen molar-refractivity contribution < 1.29 is 14.0 Å². The van der Waals surface area contributed by atoms with Crippen LogP contribution in [-0.4, -0.2) is 16.7 Å². The smallest absolute Gasteiger partial charge is 0.255 e. The number of nitrogens with zero attached hydrogens (tertiary/aromatic N) is 1. The van der Waals surface area contributed by atoms with Gasteiger partial charge in [0.1, 0.15) is 11.6 Å². The standard InChI is InChI=1S/C23H22FN3O2/c1-13-10-11-25-19(12-13)27-23(29)20-14(2)26-17-4-3-5-18(28)22(17)21(20)15-6-8-16(24)9-7-15/h6-12,21,26H,3-5H2,1-2H3,(H,25,27,29)/t21-/m1/s1. The van der Waals surface area contributed by atoms with Crippen molar-refractivity contribution in [3.63, 3.8) is 0 Å². The summed E-state index contributed by atoms with van der Waals surface area (Å²) in [5.41, 5.74) is 4.31. The van der Waals surface area contributed by atoms with Crippen LogP contribution in [0.25, 0.3) is 0 Å². The van der Waals surface area contributed by atoms with Crippen LogP contribution in [0, 0.1) is 12.7 Å². The van der Waals surface area contributed by atoms with Crippen LogP contribution in [0.15, 0.2) is 65.1 Å². The lowest BCUT2D eigenvalue weighted by Gasteiger charge is -2.34. The maximum Gasteiger partial charge on any atom is 0.255 e. The highest BCUT2D eigenvalue weighted by atomic mass is 19.1. The Hall–Kier alpha value is -3.28. The predicted molar refractivity (Wildman–Crippen MR) is 108 cm³/mol. The number of carbonyl (C=O) groups excluding carboxylic acids is 2. The van der Waals surface area contributed by atoms with Crippen LogP contribution < -0.4 is 10.6 Å². The number of hydrogen-bond donors (Lipinski definition) is 2. The van der Waals surface area contributed by atoms with Crippen LogP contribution in [0.4, 0.5) is 10.2 Å². The maximum atomic E-state index is 13.5. The summed E-state index contributed by atoms with van der Waals surface area (Å²) in [7, 11) is 0. The van der Waals surface area contributed by atoms with Crippen LogP contribution in [0.1, 0.15) is 43.2 Å². The van der Waals surface area contributed by atoms with E-state index in [4.69, 9.17) is 0 Å². The lowest BCUT2D eigenvalue weighted by molar-refractivity contribution is -0.116. The molecule has 1 aromatic carbocycles.